The van der Waals surface area contributed by atoms with Gasteiger partial charge in [0.05, 0.1) is 5.52 Å². The Hall–Kier alpha value is -2.09. The molecule has 8 heteroatoms. The van der Waals surface area contributed by atoms with E-state index in [4.69, 9.17) is 0 Å². The number of aryl methyl sites for hydroxylation is 1. The third-order valence-electron chi connectivity index (χ3n) is 3.90. The standard InChI is InChI=1S/C15H17F3N4O/c1-9-2-13-11(7-22(21-13)6-10-4-19-5-10)3-12(9)14(23)20-8-15(16,17)18/h2-3,7,10,19H,4-6,8H2,1H3,(H,20,23). The SMILES string of the molecule is Cc1cc2nn(CC3CNC3)cc2cc1C(=O)NCC(F)(F)F. The van der Waals surface area contributed by atoms with Crippen molar-refractivity contribution in [1.29, 1.82) is 0 Å². The molecule has 1 aliphatic heterocycles. The van der Waals surface area contributed by atoms with Crippen molar-refractivity contribution in [2.24, 2.45) is 5.92 Å². The lowest BCUT2D eigenvalue weighted by atomic mass is 10.0. The van der Waals surface area contributed by atoms with Gasteiger partial charge in [0.1, 0.15) is 6.54 Å². The Bertz CT molecular complexity index is 734. The number of carbonyl (C=O) groups is 1. The summed E-state index contributed by atoms with van der Waals surface area (Å²) in [6.07, 6.45) is -2.59. The maximum atomic E-state index is 12.2. The van der Waals surface area contributed by atoms with Gasteiger partial charge < -0.3 is 10.6 Å². The molecule has 2 N–H and O–H groups in total. The maximum Gasteiger partial charge on any atom is 0.405 e. The summed E-state index contributed by atoms with van der Waals surface area (Å²) in [7, 11) is 0. The summed E-state index contributed by atoms with van der Waals surface area (Å²) >= 11 is 0. The van der Waals surface area contributed by atoms with Crippen molar-refractivity contribution in [2.45, 2.75) is 19.6 Å². The molecule has 1 aromatic heterocycles. The third-order valence-corrected chi connectivity index (χ3v) is 3.90. The summed E-state index contributed by atoms with van der Waals surface area (Å²) in [5.41, 5.74) is 1.58. The largest absolute Gasteiger partial charge is 0.405 e. The first kappa shape index (κ1) is 15.8. The second-order valence-corrected chi connectivity index (χ2v) is 5.90. The minimum atomic E-state index is -4.42. The Morgan fingerprint density at radius 1 is 1.43 bits per heavy atom. The molecule has 1 saturated heterocycles. The van der Waals surface area contributed by atoms with E-state index in [1.807, 2.05) is 16.2 Å². The normalized spacial score (nSPS) is 15.7. The lowest BCUT2D eigenvalue weighted by Gasteiger charge is -2.26. The smallest absolute Gasteiger partial charge is 0.343 e. The monoisotopic (exact) mass is 326 g/mol. The van der Waals surface area contributed by atoms with Crippen LogP contribution in [0.4, 0.5) is 13.2 Å². The lowest BCUT2D eigenvalue weighted by molar-refractivity contribution is -0.123. The fourth-order valence-electron chi connectivity index (χ4n) is 2.58. The van der Waals surface area contributed by atoms with Crippen LogP contribution in [0.15, 0.2) is 18.3 Å². The third kappa shape index (κ3) is 3.64. The van der Waals surface area contributed by atoms with Crippen molar-refractivity contribution in [1.82, 2.24) is 20.4 Å². The Balaban J connectivity index is 1.80. The zero-order chi connectivity index (χ0) is 16.6. The van der Waals surface area contributed by atoms with Crippen molar-refractivity contribution in [3.05, 3.63) is 29.5 Å². The highest BCUT2D eigenvalue weighted by atomic mass is 19.4. The first-order chi connectivity index (χ1) is 10.8. The molecular weight excluding hydrogens is 309 g/mol. The average molecular weight is 326 g/mol. The predicted octanol–water partition coefficient (Wildman–Crippen LogP) is 1.86. The van der Waals surface area contributed by atoms with Gasteiger partial charge in [-0.05, 0) is 24.6 Å². The Labute approximate surface area is 130 Å². The van der Waals surface area contributed by atoms with E-state index in [1.54, 1.807) is 19.1 Å². The van der Waals surface area contributed by atoms with E-state index in [2.05, 4.69) is 10.4 Å². The van der Waals surface area contributed by atoms with Gasteiger partial charge in [-0.1, -0.05) is 0 Å². The van der Waals surface area contributed by atoms with E-state index in [1.165, 1.54) is 0 Å². The number of fused-ring (bicyclic) bond motifs is 1. The number of hydrogen-bond donors (Lipinski definition) is 2. The van der Waals surface area contributed by atoms with Crippen LogP contribution < -0.4 is 10.6 Å². The van der Waals surface area contributed by atoms with Crippen LogP contribution in [0.25, 0.3) is 10.9 Å². The highest BCUT2D eigenvalue weighted by Crippen LogP contribution is 2.20. The van der Waals surface area contributed by atoms with E-state index in [-0.39, 0.29) is 5.56 Å². The second kappa shape index (κ2) is 5.84. The molecule has 2 aromatic rings. The number of hydrogen-bond acceptors (Lipinski definition) is 3. The molecule has 1 aliphatic rings. The number of alkyl halides is 3. The number of amides is 1. The molecule has 124 valence electrons. The Morgan fingerprint density at radius 2 is 2.17 bits per heavy atom. The quantitative estimate of drug-likeness (QED) is 0.902. The maximum absolute atomic E-state index is 12.2. The Kier molecular flexibility index (Phi) is 4.01. The number of rotatable bonds is 4. The van der Waals surface area contributed by atoms with Crippen LogP contribution in [0, 0.1) is 12.8 Å². The van der Waals surface area contributed by atoms with Crippen molar-refractivity contribution in [3.8, 4) is 0 Å². The molecular formula is C15H17F3N4O. The summed E-state index contributed by atoms with van der Waals surface area (Å²) in [6.45, 7) is 3.06. The van der Waals surface area contributed by atoms with Crippen LogP contribution in [-0.2, 0) is 6.54 Å². The molecule has 5 nitrogen and oxygen atoms in total. The molecule has 1 fully saturated rings. The zero-order valence-corrected chi connectivity index (χ0v) is 12.6. The van der Waals surface area contributed by atoms with Crippen LogP contribution in [0.2, 0.25) is 0 Å². The van der Waals surface area contributed by atoms with Gasteiger partial charge in [0.15, 0.2) is 0 Å². The molecule has 0 atom stereocenters. The zero-order valence-electron chi connectivity index (χ0n) is 12.6. The molecule has 0 saturated carbocycles. The number of aromatic nitrogens is 2. The van der Waals surface area contributed by atoms with Gasteiger partial charge in [-0.25, -0.2) is 0 Å². The van der Waals surface area contributed by atoms with Crippen molar-refractivity contribution in [3.63, 3.8) is 0 Å². The molecule has 23 heavy (non-hydrogen) atoms. The van der Waals surface area contributed by atoms with Gasteiger partial charge >= 0.3 is 6.18 Å². The lowest BCUT2D eigenvalue weighted by Crippen LogP contribution is -2.44. The van der Waals surface area contributed by atoms with E-state index in [9.17, 15) is 18.0 Å². The van der Waals surface area contributed by atoms with E-state index >= 15 is 0 Å². The minimum Gasteiger partial charge on any atom is -0.343 e. The van der Waals surface area contributed by atoms with E-state index in [0.29, 0.717) is 11.5 Å². The summed E-state index contributed by atoms with van der Waals surface area (Å²) in [5.74, 6) is -0.183. The van der Waals surface area contributed by atoms with Crippen LogP contribution in [-0.4, -0.2) is 41.5 Å². The summed E-state index contributed by atoms with van der Waals surface area (Å²) in [5, 5.41) is 10.3. The number of nitrogens with one attached hydrogen (secondary N) is 2. The molecule has 0 aliphatic carbocycles. The fourth-order valence-corrected chi connectivity index (χ4v) is 2.58. The summed E-state index contributed by atoms with van der Waals surface area (Å²) < 4.78 is 38.5. The molecule has 0 spiro atoms. The van der Waals surface area contributed by atoms with Gasteiger partial charge in [0.2, 0.25) is 0 Å². The summed E-state index contributed by atoms with van der Waals surface area (Å²) in [6, 6.07) is 3.33. The molecule has 2 heterocycles. The van der Waals surface area contributed by atoms with Gasteiger partial charge in [-0.3, -0.25) is 9.48 Å². The predicted molar refractivity (Wildman–Crippen MR) is 79.2 cm³/mol. The van der Waals surface area contributed by atoms with E-state index < -0.39 is 18.6 Å². The van der Waals surface area contributed by atoms with Crippen LogP contribution in [0.5, 0.6) is 0 Å². The Morgan fingerprint density at radius 3 is 2.78 bits per heavy atom. The van der Waals surface area contributed by atoms with Gasteiger partial charge in [-0.15, -0.1) is 0 Å². The first-order valence-electron chi connectivity index (χ1n) is 7.35. The van der Waals surface area contributed by atoms with Gasteiger partial charge in [0.25, 0.3) is 5.91 Å². The van der Waals surface area contributed by atoms with Crippen LogP contribution in [0.3, 0.4) is 0 Å². The molecule has 3 rings (SSSR count). The number of nitrogens with zero attached hydrogens (tertiary/aromatic N) is 2. The summed E-state index contributed by atoms with van der Waals surface area (Å²) in [4.78, 5) is 11.9. The van der Waals surface area contributed by atoms with Crippen LogP contribution >= 0.6 is 0 Å². The molecule has 0 bridgehead atoms. The van der Waals surface area contributed by atoms with Crippen molar-refractivity contribution < 1.29 is 18.0 Å². The van der Waals surface area contributed by atoms with Gasteiger partial charge in [-0.2, -0.15) is 18.3 Å². The van der Waals surface area contributed by atoms with Crippen LogP contribution in [0.1, 0.15) is 15.9 Å². The minimum absolute atomic E-state index is 0.242. The number of benzene rings is 1. The highest BCUT2D eigenvalue weighted by Gasteiger charge is 2.28. The van der Waals surface area contributed by atoms with Crippen molar-refractivity contribution in [2.75, 3.05) is 19.6 Å². The fraction of sp³-hybridized carbons (Fsp3) is 0.467. The van der Waals surface area contributed by atoms with Crippen molar-refractivity contribution >= 4 is 16.8 Å². The highest BCUT2D eigenvalue weighted by molar-refractivity contribution is 5.99. The topological polar surface area (TPSA) is 59.0 Å². The molecule has 0 unspecified atom stereocenters. The average Bonchev–Trinajstić information content (AvgIpc) is 2.80. The first-order valence-corrected chi connectivity index (χ1v) is 7.35. The number of carbonyl (C=O) groups excluding carboxylic acids is 1. The molecule has 1 aromatic carbocycles. The van der Waals surface area contributed by atoms with E-state index in [0.717, 1.165) is 30.5 Å². The number of halogens is 3. The molecule has 1 amide bonds. The second-order valence-electron chi connectivity index (χ2n) is 5.90. The van der Waals surface area contributed by atoms with Gasteiger partial charge in [0, 0.05) is 42.7 Å². The molecule has 0 radical (unpaired) electrons.